The Morgan fingerprint density at radius 3 is 1.58 bits per heavy atom. The fourth-order valence-electron chi connectivity index (χ4n) is 7.30. The van der Waals surface area contributed by atoms with Crippen LogP contribution in [0, 0.1) is 13.1 Å². The first-order valence-electron chi connectivity index (χ1n) is 15.8. The van der Waals surface area contributed by atoms with Crippen LogP contribution in [0.2, 0.25) is 0 Å². The predicted octanol–water partition coefficient (Wildman–Crippen LogP) is 12.3. The molecule has 0 spiro atoms. The number of benzene rings is 7. The monoisotopic (exact) mass is 610 g/mol. The lowest BCUT2D eigenvalue weighted by Crippen LogP contribution is -1.98. The Kier molecular flexibility index (Phi) is 6.22. The lowest BCUT2D eigenvalue weighted by molar-refractivity contribution is 1.18. The summed E-state index contributed by atoms with van der Waals surface area (Å²) < 4.78 is 4.46. The van der Waals surface area contributed by atoms with Crippen LogP contribution < -0.4 is 0 Å². The van der Waals surface area contributed by atoms with E-state index in [1.165, 1.54) is 21.8 Å². The van der Waals surface area contributed by atoms with Gasteiger partial charge in [0.2, 0.25) is 11.4 Å². The molecule has 0 N–H and O–H groups in total. The van der Waals surface area contributed by atoms with Crippen molar-refractivity contribution in [1.82, 2.24) is 9.13 Å². The summed E-state index contributed by atoms with van der Waals surface area (Å²) in [5, 5.41) is 4.53. The maximum absolute atomic E-state index is 8.19. The highest BCUT2D eigenvalue weighted by molar-refractivity contribution is 6.14. The van der Waals surface area contributed by atoms with Crippen LogP contribution >= 0.6 is 0 Å². The molecule has 0 saturated carbocycles. The van der Waals surface area contributed by atoms with Gasteiger partial charge >= 0.3 is 0 Å². The molecule has 222 valence electrons. The van der Waals surface area contributed by atoms with Crippen molar-refractivity contribution in [1.29, 1.82) is 0 Å². The molecule has 7 aromatic carbocycles. The summed E-state index contributed by atoms with van der Waals surface area (Å²) in [6, 6.07) is 54.3. The summed E-state index contributed by atoms with van der Waals surface area (Å²) in [5.74, 6) is 0. The second-order valence-corrected chi connectivity index (χ2v) is 11.9. The van der Waals surface area contributed by atoms with Gasteiger partial charge in [0.05, 0.1) is 40.9 Å². The van der Waals surface area contributed by atoms with Crippen molar-refractivity contribution in [2.75, 3.05) is 0 Å². The van der Waals surface area contributed by atoms with Crippen LogP contribution in [0.5, 0.6) is 0 Å². The van der Waals surface area contributed by atoms with Crippen molar-refractivity contribution in [3.63, 3.8) is 0 Å². The molecule has 0 aliphatic carbocycles. The van der Waals surface area contributed by atoms with E-state index >= 15 is 0 Å². The zero-order valence-electron chi connectivity index (χ0n) is 25.8. The predicted molar refractivity (Wildman–Crippen MR) is 199 cm³/mol. The first-order chi connectivity index (χ1) is 23.7. The van der Waals surface area contributed by atoms with Crippen LogP contribution in [0.15, 0.2) is 158 Å². The maximum atomic E-state index is 8.19. The number of rotatable bonds is 4. The first-order valence-corrected chi connectivity index (χ1v) is 15.8. The van der Waals surface area contributed by atoms with Gasteiger partial charge in [0, 0.05) is 21.8 Å². The van der Waals surface area contributed by atoms with Gasteiger partial charge in [-0.1, -0.05) is 121 Å². The number of fused-ring (bicyclic) bond motifs is 6. The lowest BCUT2D eigenvalue weighted by atomic mass is 9.97. The Morgan fingerprint density at radius 2 is 0.896 bits per heavy atom. The van der Waals surface area contributed by atoms with E-state index in [4.69, 9.17) is 13.1 Å². The molecule has 0 radical (unpaired) electrons. The fraction of sp³-hybridized carbons (Fsp3) is 0. The number of nitrogens with zero attached hydrogens (tertiary/aromatic N) is 4. The molecule has 0 unspecified atom stereocenters. The summed E-state index contributed by atoms with van der Waals surface area (Å²) in [5.41, 5.74) is 11.2. The van der Waals surface area contributed by atoms with Gasteiger partial charge in [0.1, 0.15) is 0 Å². The first kappa shape index (κ1) is 27.4. The zero-order valence-corrected chi connectivity index (χ0v) is 25.8. The molecule has 9 aromatic rings. The fourth-order valence-corrected chi connectivity index (χ4v) is 7.30. The minimum absolute atomic E-state index is 0.536. The van der Waals surface area contributed by atoms with E-state index in [0.29, 0.717) is 11.4 Å². The third kappa shape index (κ3) is 4.07. The number of hydrogen-bond acceptors (Lipinski definition) is 0. The second-order valence-electron chi connectivity index (χ2n) is 11.9. The Bertz CT molecular complexity index is 2760. The van der Waals surface area contributed by atoms with Crippen molar-refractivity contribution >= 4 is 55.0 Å². The van der Waals surface area contributed by atoms with Crippen LogP contribution in [-0.4, -0.2) is 9.13 Å². The van der Waals surface area contributed by atoms with Gasteiger partial charge in [0.15, 0.2) is 0 Å². The van der Waals surface area contributed by atoms with E-state index in [1.54, 1.807) is 0 Å². The minimum Gasteiger partial charge on any atom is -0.328 e. The third-order valence-corrected chi connectivity index (χ3v) is 9.34. The molecule has 0 fully saturated rings. The van der Waals surface area contributed by atoms with E-state index < -0.39 is 0 Å². The van der Waals surface area contributed by atoms with Crippen molar-refractivity contribution in [3.05, 3.63) is 181 Å². The summed E-state index contributed by atoms with van der Waals surface area (Å²) in [6.07, 6.45) is 0. The molecule has 0 amide bonds. The Balaban J connectivity index is 1.25. The molecule has 0 bridgehead atoms. The summed E-state index contributed by atoms with van der Waals surface area (Å²) in [6.45, 7) is 16.2. The van der Waals surface area contributed by atoms with Gasteiger partial charge in [-0.3, -0.25) is 0 Å². The minimum atomic E-state index is 0.536. The molecule has 0 saturated heterocycles. The number of aromatic nitrogens is 2. The molecule has 2 aromatic heterocycles. The molecule has 4 heteroatoms. The van der Waals surface area contributed by atoms with Gasteiger partial charge < -0.3 is 9.13 Å². The molecule has 48 heavy (non-hydrogen) atoms. The topological polar surface area (TPSA) is 18.6 Å². The maximum Gasteiger partial charge on any atom is 0.211 e. The van der Waals surface area contributed by atoms with Crippen molar-refractivity contribution < 1.29 is 0 Å². The Hall–Kier alpha value is -6.88. The van der Waals surface area contributed by atoms with E-state index in [9.17, 15) is 0 Å². The summed E-state index contributed by atoms with van der Waals surface area (Å²) >= 11 is 0. The number of para-hydroxylation sites is 5. The van der Waals surface area contributed by atoms with Crippen LogP contribution in [0.25, 0.3) is 86.9 Å². The molecular formula is C44H26N4. The van der Waals surface area contributed by atoms with Gasteiger partial charge in [-0.25, -0.2) is 9.69 Å². The highest BCUT2D eigenvalue weighted by Gasteiger charge is 2.21. The van der Waals surface area contributed by atoms with Gasteiger partial charge in [0.25, 0.3) is 0 Å². The molecule has 9 rings (SSSR count). The lowest BCUT2D eigenvalue weighted by Gasteiger charge is -2.17. The quantitative estimate of drug-likeness (QED) is 0.177. The zero-order chi connectivity index (χ0) is 32.2. The molecule has 0 aliphatic heterocycles. The van der Waals surface area contributed by atoms with Crippen LogP contribution in [-0.2, 0) is 0 Å². The molecule has 0 aliphatic rings. The van der Waals surface area contributed by atoms with E-state index in [0.717, 1.165) is 55.4 Å². The highest BCUT2D eigenvalue weighted by atomic mass is 15.0. The molecule has 4 nitrogen and oxygen atoms in total. The van der Waals surface area contributed by atoms with E-state index in [1.807, 2.05) is 36.4 Å². The van der Waals surface area contributed by atoms with Gasteiger partial charge in [-0.2, -0.15) is 0 Å². The largest absolute Gasteiger partial charge is 0.328 e. The normalized spacial score (nSPS) is 11.3. The second kappa shape index (κ2) is 10.9. The third-order valence-electron chi connectivity index (χ3n) is 9.34. The standard InChI is InChI=1S/C44H26N4/c1-45-38-22-11-20-33(43(38)48-42-26-8-5-19-36(42)37-21-12-23-39(46-2)44(37)48)31-15-9-13-29(27-31)30-14-10-16-32(28-30)47-40-24-6-3-17-34(40)35-18-4-7-25-41(35)47/h3-28H. The summed E-state index contributed by atoms with van der Waals surface area (Å²) in [4.78, 5) is 7.91. The van der Waals surface area contributed by atoms with Crippen molar-refractivity contribution in [2.45, 2.75) is 0 Å². The van der Waals surface area contributed by atoms with Crippen LogP contribution in [0.4, 0.5) is 11.4 Å². The smallest absolute Gasteiger partial charge is 0.211 e. The number of hydrogen-bond donors (Lipinski definition) is 0. The molecule has 0 atom stereocenters. The molecular weight excluding hydrogens is 585 g/mol. The average Bonchev–Trinajstić information content (AvgIpc) is 3.68. The average molecular weight is 611 g/mol. The SMILES string of the molecule is [C-]#[N+]c1cccc(-c2cccc(-c3cccc(-n4c5ccccc5c5ccccc54)c3)c2)c1-n1c2ccccc2c2cccc([N+]#[C-])c21. The summed E-state index contributed by atoms with van der Waals surface area (Å²) in [7, 11) is 0. The molecule has 2 heterocycles. The Labute approximate surface area is 277 Å². The van der Waals surface area contributed by atoms with E-state index in [-0.39, 0.29) is 0 Å². The van der Waals surface area contributed by atoms with Gasteiger partial charge in [-0.15, -0.1) is 0 Å². The van der Waals surface area contributed by atoms with Crippen LogP contribution in [0.3, 0.4) is 0 Å². The van der Waals surface area contributed by atoms with E-state index in [2.05, 4.69) is 140 Å². The van der Waals surface area contributed by atoms with Crippen LogP contribution in [0.1, 0.15) is 0 Å². The Morgan fingerprint density at radius 1 is 0.396 bits per heavy atom. The van der Waals surface area contributed by atoms with Gasteiger partial charge in [-0.05, 0) is 64.0 Å². The highest BCUT2D eigenvalue weighted by Crippen LogP contribution is 2.44. The van der Waals surface area contributed by atoms with Crippen molar-refractivity contribution in [3.8, 4) is 33.6 Å². The van der Waals surface area contributed by atoms with Crippen molar-refractivity contribution in [2.24, 2.45) is 0 Å².